The molecule has 0 fully saturated rings. The highest BCUT2D eigenvalue weighted by Crippen LogP contribution is 2.25. The summed E-state index contributed by atoms with van der Waals surface area (Å²) in [5.41, 5.74) is 10.9. The van der Waals surface area contributed by atoms with Crippen LogP contribution in [0, 0.1) is 0 Å². The number of rotatable bonds is 42. The van der Waals surface area contributed by atoms with E-state index in [9.17, 15) is 54.0 Å². The maximum absolute atomic E-state index is 12.6. The van der Waals surface area contributed by atoms with Crippen LogP contribution < -0.4 is 37.1 Å². The normalized spacial score (nSPS) is 11.3. The molecule has 0 aliphatic carbocycles. The second-order valence-corrected chi connectivity index (χ2v) is 39.0. The zero-order valence-corrected chi connectivity index (χ0v) is 70.0. The Hall–Kier alpha value is -10.8. The van der Waals surface area contributed by atoms with Crippen LogP contribution in [0.2, 0.25) is 0 Å². The Morgan fingerprint density at radius 1 is 0.325 bits per heavy atom. The molecule has 0 spiro atoms. The third kappa shape index (κ3) is 33.4. The van der Waals surface area contributed by atoms with E-state index < -0.39 is 29.5 Å². The number of Topliss-reactive ketones (excluding diaryl/α,β-unsaturated/α-hetero) is 1. The van der Waals surface area contributed by atoms with Gasteiger partial charge in [0.05, 0.1) is 61.1 Å². The molecule has 0 aliphatic rings. The molecule has 33 nitrogen and oxygen atoms in total. The van der Waals surface area contributed by atoms with Gasteiger partial charge in [-0.05, 0) is 83.5 Å². The van der Waals surface area contributed by atoms with Crippen molar-refractivity contribution in [3.8, 4) is 5.75 Å². The molecule has 12 rings (SSSR count). The number of pyridine rings is 2. The average molecular weight is 1760 g/mol. The van der Waals surface area contributed by atoms with E-state index in [1.54, 1.807) is 36.9 Å². The van der Waals surface area contributed by atoms with Gasteiger partial charge in [0.15, 0.2) is 29.5 Å². The lowest BCUT2D eigenvalue weighted by Crippen LogP contribution is -2.14. The van der Waals surface area contributed by atoms with Gasteiger partial charge in [0, 0.05) is 76.2 Å². The van der Waals surface area contributed by atoms with Crippen LogP contribution in [0.25, 0.3) is 0 Å². The summed E-state index contributed by atoms with van der Waals surface area (Å²) < 4.78 is 81.1. The number of nitrogens with zero attached hydrogens (tertiary/aromatic N) is 14. The number of sulfone groups is 3. The monoisotopic (exact) mass is 1760 g/mol. The van der Waals surface area contributed by atoms with Crippen LogP contribution in [0.4, 0.5) is 25.7 Å². The summed E-state index contributed by atoms with van der Waals surface area (Å²) in [5.74, 6) is -1.21. The van der Waals surface area contributed by atoms with Gasteiger partial charge < -0.3 is 37.1 Å². The first-order valence-electron chi connectivity index (χ1n) is 36.3. The molecule has 8 aromatic heterocycles. The third-order valence-corrected chi connectivity index (χ3v) is 26.6. The predicted octanol–water partition coefficient (Wildman–Crippen LogP) is 8.28. The molecular weight excluding hydrogens is 1680 g/mol. The second kappa shape index (κ2) is 45.6. The van der Waals surface area contributed by atoms with Crippen LogP contribution >= 0.6 is 68.0 Å². The van der Waals surface area contributed by atoms with E-state index in [2.05, 4.69) is 97.7 Å². The number of aryl methyl sites for hydroxylation is 7. The van der Waals surface area contributed by atoms with E-state index in [1.165, 1.54) is 0 Å². The molecule has 0 unspecified atom stereocenters. The van der Waals surface area contributed by atoms with Crippen molar-refractivity contribution in [1.29, 1.82) is 0 Å². The molecule has 0 radical (unpaired) electrons. The lowest BCUT2D eigenvalue weighted by Gasteiger charge is -2.06. The zero-order chi connectivity index (χ0) is 82.7. The lowest BCUT2D eigenvalue weighted by atomic mass is 10.1. The van der Waals surface area contributed by atoms with Crippen LogP contribution in [0.1, 0.15) is 87.7 Å². The van der Waals surface area contributed by atoms with Crippen molar-refractivity contribution in [2.24, 2.45) is 5.73 Å². The maximum atomic E-state index is 12.6. The van der Waals surface area contributed by atoms with Crippen molar-refractivity contribution in [3.05, 3.63) is 233 Å². The van der Waals surface area contributed by atoms with Gasteiger partial charge in [0.2, 0.25) is 55.2 Å². The van der Waals surface area contributed by atoms with E-state index in [4.69, 9.17) is 10.5 Å². The number of aromatic nitrogens is 14. The zero-order valence-electron chi connectivity index (χ0n) is 62.7. The van der Waals surface area contributed by atoms with Gasteiger partial charge in [0.1, 0.15) is 52.3 Å². The highest BCUT2D eigenvalue weighted by Gasteiger charge is 2.23. The molecule has 117 heavy (non-hydrogen) atoms. The molecule has 5 amide bonds. The number of benzene rings is 4. The van der Waals surface area contributed by atoms with Crippen molar-refractivity contribution in [2.45, 2.75) is 102 Å². The van der Waals surface area contributed by atoms with Gasteiger partial charge >= 0.3 is 0 Å². The van der Waals surface area contributed by atoms with Crippen LogP contribution in [0.15, 0.2) is 164 Å². The van der Waals surface area contributed by atoms with E-state index >= 15 is 0 Å². The minimum atomic E-state index is -3.48. The number of anilines is 5. The van der Waals surface area contributed by atoms with Crippen molar-refractivity contribution >= 4 is 159 Å². The molecule has 0 aliphatic heterocycles. The summed E-state index contributed by atoms with van der Waals surface area (Å²) in [6.45, 7) is 1.10. The SMILES string of the molecule is NCCCOc1ccc(CC(=O)Nc2nnc(CCS(=O)(=O)CCc3nnc(NC(=O)Cc4ccccc4)s3)s2)cc1.O=C(CCc1cccnc1)Nc1nnc(CCS(=O)(=O)CCc2nnc(NC(=O)CCc3cccnc3)s2)s1.O=C(Cc1ccccc1)Cc1nnc(CS(=O)(=O)CCc2nnc(NC(=O)Cc3ccccc3)s2)s1. The Morgan fingerprint density at radius 3 is 1.01 bits per heavy atom. The summed E-state index contributed by atoms with van der Waals surface area (Å²) in [5, 5.41) is 66.2. The van der Waals surface area contributed by atoms with Gasteiger partial charge in [0.25, 0.3) is 0 Å². The second-order valence-electron chi connectivity index (χ2n) is 25.7. The van der Waals surface area contributed by atoms with Crippen LogP contribution in [0.5, 0.6) is 5.75 Å². The molecule has 7 N–H and O–H groups in total. The van der Waals surface area contributed by atoms with Crippen molar-refractivity contribution in [2.75, 3.05) is 68.5 Å². The molecule has 0 saturated heterocycles. The molecule has 0 bridgehead atoms. The number of amides is 5. The average Bonchev–Trinajstić information content (AvgIpc) is 1.76. The fourth-order valence-corrected chi connectivity index (χ4v) is 19.7. The molecule has 4 aromatic carbocycles. The summed E-state index contributed by atoms with van der Waals surface area (Å²) in [6.07, 6.45) is 11.1. The molecule has 12 aromatic rings. The molecular formula is C75H80N20O13S9. The largest absolute Gasteiger partial charge is 0.494 e. The number of hydrogen-bond donors (Lipinski definition) is 6. The molecule has 8 heterocycles. The first kappa shape index (κ1) is 88.5. The molecule has 0 atom stereocenters. The standard InChI is InChI=1S/C27H31N7O5S3.C24H26N8O4S3.C24H23N5O4S3/c28-13-4-14-39-21-9-7-20(8-10-21)18-23(36)30-27-34-32-25(41-27)12-16-42(37,38)15-11-24-31-33-26(40-24)29-22(35)17-19-5-2-1-3-6-19;33-19(7-5-17-3-1-11-25-15-17)27-23-31-29-21(37-23)9-13-39(35,36)14-10-22-30-32-24(38-22)28-20(34)8-6-18-4-2-12-26-16-18;30-19(13-17-7-3-1-4-8-17)15-22-27-28-23(34-22)16-36(32,33)12-11-21-26-29-24(35-21)25-20(31)14-18-9-5-2-6-10-18/h1-3,5-10H,4,11-18,28H2,(H,29,33,35)(H,30,34,36);1-4,11-12,15-16H,5-10,13-14H2,(H,27,31,33)(H,28,32,34);1-10H,11-16H2,(H,25,29,31). The van der Waals surface area contributed by atoms with Crippen molar-refractivity contribution in [1.82, 2.24) is 71.2 Å². The quantitative estimate of drug-likeness (QED) is 0.0196. The van der Waals surface area contributed by atoms with Gasteiger partial charge in [-0.1, -0.05) is 183 Å². The van der Waals surface area contributed by atoms with Crippen molar-refractivity contribution < 1.29 is 58.8 Å². The fraction of sp³-hybridized carbons (Fsp3) is 0.307. The Bertz CT molecular complexity index is 5430. The van der Waals surface area contributed by atoms with E-state index in [0.717, 1.165) is 108 Å². The minimum absolute atomic E-state index is 0.00492. The first-order valence-corrected chi connectivity index (χ1v) is 46.7. The Balaban J connectivity index is 0.000000186. The Labute approximate surface area is 697 Å². The number of carbonyl (C=O) groups excluding carboxylic acids is 6. The van der Waals surface area contributed by atoms with E-state index in [-0.39, 0.29) is 140 Å². The van der Waals surface area contributed by atoms with E-state index in [0.29, 0.717) is 98.9 Å². The topological polar surface area (TPSA) is 481 Å². The van der Waals surface area contributed by atoms with Crippen molar-refractivity contribution in [3.63, 3.8) is 0 Å². The predicted molar refractivity (Wildman–Crippen MR) is 449 cm³/mol. The molecule has 0 saturated carbocycles. The molecule has 42 heteroatoms. The number of nitrogens with one attached hydrogen (secondary N) is 5. The summed E-state index contributed by atoms with van der Waals surface area (Å²) in [4.78, 5) is 81.4. The van der Waals surface area contributed by atoms with Gasteiger partial charge in [-0.25, -0.2) is 25.3 Å². The van der Waals surface area contributed by atoms with Crippen LogP contribution in [0.3, 0.4) is 0 Å². The number of ether oxygens (including phenoxy) is 1. The van der Waals surface area contributed by atoms with Gasteiger partial charge in [-0.3, -0.25) is 38.7 Å². The number of hydrogen-bond acceptors (Lipinski definition) is 34. The van der Waals surface area contributed by atoms with Gasteiger partial charge in [-0.2, -0.15) is 0 Å². The summed E-state index contributed by atoms with van der Waals surface area (Å²) in [6, 6.07) is 42.7. The highest BCUT2D eigenvalue weighted by atomic mass is 32.2. The number of carbonyl (C=O) groups is 6. The Kier molecular flexibility index (Phi) is 34.5. The highest BCUT2D eigenvalue weighted by molar-refractivity contribution is 7.91. The first-order chi connectivity index (χ1) is 56.5. The third-order valence-electron chi connectivity index (χ3n) is 16.2. The lowest BCUT2D eigenvalue weighted by molar-refractivity contribution is -0.118. The van der Waals surface area contributed by atoms with Gasteiger partial charge in [-0.15, -0.1) is 61.2 Å². The van der Waals surface area contributed by atoms with E-state index in [1.807, 2.05) is 127 Å². The maximum Gasteiger partial charge on any atom is 0.230 e. The van der Waals surface area contributed by atoms with Crippen LogP contribution in [-0.2, 0) is 141 Å². The summed E-state index contributed by atoms with van der Waals surface area (Å²) in [7, 11) is -10.3. The minimum Gasteiger partial charge on any atom is -0.494 e. The fourth-order valence-electron chi connectivity index (χ4n) is 10.4. The Morgan fingerprint density at radius 2 is 0.650 bits per heavy atom. The number of nitrogens with two attached hydrogens (primary N) is 1. The summed E-state index contributed by atoms with van der Waals surface area (Å²) >= 11 is 6.89. The number of ketones is 1. The smallest absolute Gasteiger partial charge is 0.230 e. The van der Waals surface area contributed by atoms with Crippen LogP contribution in [-0.4, -0.2) is 174 Å². The molecule has 612 valence electrons.